The maximum absolute atomic E-state index is 12.5. The van der Waals surface area contributed by atoms with Gasteiger partial charge in [0.05, 0.1) is 29.7 Å². The van der Waals surface area contributed by atoms with E-state index in [0.29, 0.717) is 18.8 Å². The summed E-state index contributed by atoms with van der Waals surface area (Å²) >= 11 is 1.68. The summed E-state index contributed by atoms with van der Waals surface area (Å²) in [5.74, 6) is 0.628. The molecule has 1 atom stereocenters. The van der Waals surface area contributed by atoms with Crippen LogP contribution in [0.2, 0.25) is 0 Å². The summed E-state index contributed by atoms with van der Waals surface area (Å²) in [5, 5.41) is 13.6. The molecule has 0 saturated carbocycles. The van der Waals surface area contributed by atoms with E-state index in [2.05, 4.69) is 26.6 Å². The molecule has 0 radical (unpaired) electrons. The smallest absolute Gasteiger partial charge is 0.223 e. The molecule has 0 saturated heterocycles. The van der Waals surface area contributed by atoms with Gasteiger partial charge in [0.15, 0.2) is 5.76 Å². The largest absolute Gasteiger partial charge is 0.356 e. The van der Waals surface area contributed by atoms with Crippen LogP contribution in [0.15, 0.2) is 52.6 Å². The molecule has 0 bridgehead atoms. The van der Waals surface area contributed by atoms with Crippen LogP contribution >= 0.6 is 11.3 Å². The molecule has 1 amide bonds. The van der Waals surface area contributed by atoms with Gasteiger partial charge in [-0.3, -0.25) is 14.5 Å². The predicted octanol–water partition coefficient (Wildman–Crippen LogP) is 4.27. The number of carbonyl (C=O) groups is 1. The van der Waals surface area contributed by atoms with Gasteiger partial charge in [0.1, 0.15) is 0 Å². The van der Waals surface area contributed by atoms with Crippen LogP contribution in [0.3, 0.4) is 0 Å². The van der Waals surface area contributed by atoms with E-state index in [1.54, 1.807) is 17.5 Å². The summed E-state index contributed by atoms with van der Waals surface area (Å²) in [6.07, 6.45) is 4.36. The second-order valence-electron chi connectivity index (χ2n) is 7.63. The van der Waals surface area contributed by atoms with E-state index < -0.39 is 0 Å². The quantitative estimate of drug-likeness (QED) is 0.447. The number of aryl methyl sites for hydroxylation is 2. The standard InChI is InChI=1S/C23H25N5O2S/c1-15(11-19-5-4-10-31-19)23(29)24-8-9-28-22(18-7-6-16(2)25-13-18)20(14-26-28)21-12-17(3)27-30-21/h4-7,10,12-15H,8-9,11H2,1-3H3,(H,24,29)/t15-/m0/s1. The number of nitrogens with one attached hydrogen (secondary N) is 1. The Bertz CT molecular complexity index is 1150. The van der Waals surface area contributed by atoms with Gasteiger partial charge in [-0.25, -0.2) is 0 Å². The number of hydrogen-bond acceptors (Lipinski definition) is 6. The molecule has 4 aromatic rings. The number of rotatable bonds is 8. The molecular weight excluding hydrogens is 410 g/mol. The van der Waals surface area contributed by atoms with Crippen molar-refractivity contribution >= 4 is 17.2 Å². The van der Waals surface area contributed by atoms with Crippen molar-refractivity contribution in [3.05, 3.63) is 64.4 Å². The normalized spacial score (nSPS) is 12.1. The van der Waals surface area contributed by atoms with Crippen LogP contribution in [0, 0.1) is 19.8 Å². The second kappa shape index (κ2) is 9.26. The van der Waals surface area contributed by atoms with Crippen LogP contribution < -0.4 is 5.32 Å². The molecule has 0 unspecified atom stereocenters. The molecule has 0 aromatic carbocycles. The summed E-state index contributed by atoms with van der Waals surface area (Å²) in [6.45, 7) is 6.81. The van der Waals surface area contributed by atoms with E-state index in [1.165, 1.54) is 4.88 Å². The minimum absolute atomic E-state index is 0.0465. The van der Waals surface area contributed by atoms with E-state index in [0.717, 1.165) is 34.6 Å². The maximum atomic E-state index is 12.5. The van der Waals surface area contributed by atoms with Crippen molar-refractivity contribution in [2.45, 2.75) is 33.7 Å². The van der Waals surface area contributed by atoms with Gasteiger partial charge in [0.25, 0.3) is 0 Å². The molecule has 0 fully saturated rings. The summed E-state index contributed by atoms with van der Waals surface area (Å²) < 4.78 is 7.36. The van der Waals surface area contributed by atoms with Crippen LogP contribution in [-0.2, 0) is 17.8 Å². The minimum Gasteiger partial charge on any atom is -0.356 e. The summed E-state index contributed by atoms with van der Waals surface area (Å²) in [7, 11) is 0. The highest BCUT2D eigenvalue weighted by molar-refractivity contribution is 7.09. The van der Waals surface area contributed by atoms with E-state index >= 15 is 0 Å². The number of aromatic nitrogens is 4. The summed E-state index contributed by atoms with van der Waals surface area (Å²) in [6, 6.07) is 9.95. The topological polar surface area (TPSA) is 85.8 Å². The highest BCUT2D eigenvalue weighted by Crippen LogP contribution is 2.32. The minimum atomic E-state index is -0.0789. The van der Waals surface area contributed by atoms with Gasteiger partial charge < -0.3 is 9.84 Å². The van der Waals surface area contributed by atoms with Crippen molar-refractivity contribution in [1.29, 1.82) is 0 Å². The Kier molecular flexibility index (Phi) is 6.27. The zero-order valence-electron chi connectivity index (χ0n) is 17.8. The van der Waals surface area contributed by atoms with Crippen LogP contribution in [0.5, 0.6) is 0 Å². The van der Waals surface area contributed by atoms with E-state index in [-0.39, 0.29) is 11.8 Å². The zero-order chi connectivity index (χ0) is 21.8. The van der Waals surface area contributed by atoms with Gasteiger partial charge in [-0.05, 0) is 43.8 Å². The molecular formula is C23H25N5O2S. The Morgan fingerprint density at radius 2 is 2.10 bits per heavy atom. The lowest BCUT2D eigenvalue weighted by Crippen LogP contribution is -2.33. The van der Waals surface area contributed by atoms with Gasteiger partial charge in [-0.2, -0.15) is 5.10 Å². The van der Waals surface area contributed by atoms with Gasteiger partial charge in [-0.15, -0.1) is 11.3 Å². The number of amides is 1. The van der Waals surface area contributed by atoms with Gasteiger partial charge in [0, 0.05) is 40.9 Å². The van der Waals surface area contributed by atoms with Crippen LogP contribution in [0.4, 0.5) is 0 Å². The molecule has 1 N–H and O–H groups in total. The average Bonchev–Trinajstić information content (AvgIpc) is 3.50. The summed E-state index contributed by atoms with van der Waals surface area (Å²) in [4.78, 5) is 18.2. The lowest BCUT2D eigenvalue weighted by molar-refractivity contribution is -0.124. The molecule has 7 nitrogen and oxygen atoms in total. The molecule has 31 heavy (non-hydrogen) atoms. The molecule has 160 valence electrons. The fourth-order valence-electron chi connectivity index (χ4n) is 3.42. The fourth-order valence-corrected chi connectivity index (χ4v) is 4.26. The SMILES string of the molecule is Cc1ccc(-c2c(-c3cc(C)no3)cnn2CCNC(=O)[C@@H](C)Cc2cccs2)cn1. The van der Waals surface area contributed by atoms with Crippen molar-refractivity contribution in [3.63, 3.8) is 0 Å². The first kappa shape index (κ1) is 21.0. The monoisotopic (exact) mass is 435 g/mol. The maximum Gasteiger partial charge on any atom is 0.223 e. The predicted molar refractivity (Wildman–Crippen MR) is 121 cm³/mol. The van der Waals surface area contributed by atoms with Crippen molar-refractivity contribution in [1.82, 2.24) is 25.2 Å². The van der Waals surface area contributed by atoms with E-state index in [4.69, 9.17) is 4.52 Å². The van der Waals surface area contributed by atoms with Gasteiger partial charge >= 0.3 is 0 Å². The first-order chi connectivity index (χ1) is 15.0. The highest BCUT2D eigenvalue weighted by Gasteiger charge is 2.19. The molecule has 4 aromatic heterocycles. The Balaban J connectivity index is 1.49. The Labute approximate surface area is 185 Å². The van der Waals surface area contributed by atoms with Crippen molar-refractivity contribution in [2.24, 2.45) is 5.92 Å². The Morgan fingerprint density at radius 3 is 2.77 bits per heavy atom. The van der Waals surface area contributed by atoms with E-state index in [9.17, 15) is 4.79 Å². The third-order valence-electron chi connectivity index (χ3n) is 5.08. The zero-order valence-corrected chi connectivity index (χ0v) is 18.6. The van der Waals surface area contributed by atoms with Gasteiger partial charge in [0.2, 0.25) is 5.91 Å². The molecule has 0 aliphatic heterocycles. The third kappa shape index (κ3) is 4.91. The van der Waals surface area contributed by atoms with E-state index in [1.807, 2.05) is 61.3 Å². The summed E-state index contributed by atoms with van der Waals surface area (Å²) in [5.41, 5.74) is 4.43. The number of nitrogens with zero attached hydrogens (tertiary/aromatic N) is 4. The number of hydrogen-bond donors (Lipinski definition) is 1. The fraction of sp³-hybridized carbons (Fsp3) is 0.304. The third-order valence-corrected chi connectivity index (χ3v) is 5.97. The van der Waals surface area contributed by atoms with Gasteiger partial charge in [-0.1, -0.05) is 18.1 Å². The Morgan fingerprint density at radius 1 is 1.23 bits per heavy atom. The number of thiophene rings is 1. The lowest BCUT2D eigenvalue weighted by atomic mass is 10.1. The van der Waals surface area contributed by atoms with Crippen molar-refractivity contribution in [3.8, 4) is 22.6 Å². The lowest BCUT2D eigenvalue weighted by Gasteiger charge is -2.13. The first-order valence-electron chi connectivity index (χ1n) is 10.2. The molecule has 4 heterocycles. The highest BCUT2D eigenvalue weighted by atomic mass is 32.1. The molecule has 0 spiro atoms. The van der Waals surface area contributed by atoms with Crippen LogP contribution in [0.25, 0.3) is 22.6 Å². The molecule has 8 heteroatoms. The first-order valence-corrected chi connectivity index (χ1v) is 11.1. The van der Waals surface area contributed by atoms with Crippen molar-refractivity contribution in [2.75, 3.05) is 6.54 Å². The average molecular weight is 436 g/mol. The second-order valence-corrected chi connectivity index (χ2v) is 8.66. The number of pyridine rings is 1. The van der Waals surface area contributed by atoms with Crippen molar-refractivity contribution < 1.29 is 9.32 Å². The Hall–Kier alpha value is -3.26. The molecule has 0 aliphatic carbocycles. The van der Waals surface area contributed by atoms with Crippen LogP contribution in [-0.4, -0.2) is 32.4 Å². The van der Waals surface area contributed by atoms with Crippen LogP contribution in [0.1, 0.15) is 23.2 Å². The number of carbonyl (C=O) groups excluding carboxylic acids is 1. The molecule has 4 rings (SSSR count). The molecule has 0 aliphatic rings.